The largest absolute Gasteiger partial charge is 0.404 e. The Balaban J connectivity index is 2.26. The minimum atomic E-state index is -4.67. The van der Waals surface area contributed by atoms with E-state index in [2.05, 4.69) is 10.6 Å². The van der Waals surface area contributed by atoms with Crippen molar-refractivity contribution in [2.75, 3.05) is 18.4 Å². The molecule has 1 fully saturated rings. The molecule has 110 valence electrons. The number of benzene rings is 1. The van der Waals surface area contributed by atoms with Crippen LogP contribution in [0.15, 0.2) is 18.2 Å². The number of carbonyl (C=O) groups excluding carboxylic acids is 1. The minimum Gasteiger partial charge on any atom is -0.324 e. The Morgan fingerprint density at radius 3 is 2.60 bits per heavy atom. The summed E-state index contributed by atoms with van der Waals surface area (Å²) in [6.45, 7) is -0.384. The maximum absolute atomic E-state index is 13.1. The standard InChI is InChI=1S/C12H11ClF4N2O/c13-8-5-7(14)1-2-9(8)19-10(20)11(12(15,16)17)3-4-18-6-11/h1-2,5,18H,3-4,6H2,(H,19,20). The normalized spacial score (nSPS) is 22.9. The average molecular weight is 311 g/mol. The third-order valence-corrected chi connectivity index (χ3v) is 3.62. The zero-order valence-electron chi connectivity index (χ0n) is 10.2. The van der Waals surface area contributed by atoms with Gasteiger partial charge in [-0.2, -0.15) is 13.2 Å². The highest BCUT2D eigenvalue weighted by Gasteiger charge is 2.61. The number of rotatable bonds is 2. The third kappa shape index (κ3) is 2.60. The minimum absolute atomic E-state index is 0.0476. The van der Waals surface area contributed by atoms with Crippen molar-refractivity contribution >= 4 is 23.2 Å². The number of hydrogen-bond acceptors (Lipinski definition) is 2. The molecule has 3 nitrogen and oxygen atoms in total. The summed E-state index contributed by atoms with van der Waals surface area (Å²) in [5.74, 6) is -1.83. The predicted molar refractivity (Wildman–Crippen MR) is 66.0 cm³/mol. The highest BCUT2D eigenvalue weighted by atomic mass is 35.5. The number of anilines is 1. The molecular formula is C12H11ClF4N2O. The summed E-state index contributed by atoms with van der Waals surface area (Å²) < 4.78 is 52.3. The fourth-order valence-electron chi connectivity index (χ4n) is 2.09. The summed E-state index contributed by atoms with van der Waals surface area (Å²) in [5.41, 5.74) is -2.53. The van der Waals surface area contributed by atoms with Crippen molar-refractivity contribution < 1.29 is 22.4 Å². The molecule has 1 unspecified atom stereocenters. The van der Waals surface area contributed by atoms with Crippen LogP contribution in [0.2, 0.25) is 5.02 Å². The molecule has 1 aromatic carbocycles. The topological polar surface area (TPSA) is 41.1 Å². The third-order valence-electron chi connectivity index (χ3n) is 3.31. The second-order valence-corrected chi connectivity index (χ2v) is 4.99. The van der Waals surface area contributed by atoms with Crippen molar-refractivity contribution in [3.63, 3.8) is 0 Å². The van der Waals surface area contributed by atoms with Crippen LogP contribution in [0.1, 0.15) is 6.42 Å². The fourth-order valence-corrected chi connectivity index (χ4v) is 2.30. The summed E-state index contributed by atoms with van der Waals surface area (Å²) in [6, 6.07) is 3.06. The molecule has 0 bridgehead atoms. The van der Waals surface area contributed by atoms with Crippen molar-refractivity contribution in [2.24, 2.45) is 5.41 Å². The first kappa shape index (κ1) is 15.1. The van der Waals surface area contributed by atoms with Gasteiger partial charge in [0.2, 0.25) is 5.91 Å². The lowest BCUT2D eigenvalue weighted by atomic mass is 9.85. The van der Waals surface area contributed by atoms with Gasteiger partial charge < -0.3 is 10.6 Å². The van der Waals surface area contributed by atoms with Crippen LogP contribution in [0.4, 0.5) is 23.2 Å². The molecule has 0 spiro atoms. The highest BCUT2D eigenvalue weighted by molar-refractivity contribution is 6.33. The lowest BCUT2D eigenvalue weighted by Crippen LogP contribution is -2.49. The summed E-state index contributed by atoms with van der Waals surface area (Å²) >= 11 is 5.69. The van der Waals surface area contributed by atoms with Gasteiger partial charge in [0.25, 0.3) is 0 Å². The van der Waals surface area contributed by atoms with Gasteiger partial charge in [0.15, 0.2) is 5.41 Å². The molecule has 1 heterocycles. The van der Waals surface area contributed by atoms with E-state index >= 15 is 0 Å². The maximum Gasteiger partial charge on any atom is 0.404 e. The van der Waals surface area contributed by atoms with Gasteiger partial charge in [0, 0.05) is 6.54 Å². The van der Waals surface area contributed by atoms with E-state index in [1.54, 1.807) is 0 Å². The maximum atomic E-state index is 13.1. The van der Waals surface area contributed by atoms with Crippen molar-refractivity contribution in [1.82, 2.24) is 5.32 Å². The Hall–Kier alpha value is -1.34. The van der Waals surface area contributed by atoms with E-state index in [4.69, 9.17) is 11.6 Å². The molecule has 0 saturated carbocycles. The fraction of sp³-hybridized carbons (Fsp3) is 0.417. The molecule has 0 aromatic heterocycles. The van der Waals surface area contributed by atoms with Crippen LogP contribution in [0.5, 0.6) is 0 Å². The van der Waals surface area contributed by atoms with Crippen LogP contribution < -0.4 is 10.6 Å². The van der Waals surface area contributed by atoms with E-state index in [9.17, 15) is 22.4 Å². The van der Waals surface area contributed by atoms with Gasteiger partial charge >= 0.3 is 6.18 Å². The monoisotopic (exact) mass is 310 g/mol. The summed E-state index contributed by atoms with van der Waals surface area (Å²) in [4.78, 5) is 12.0. The quantitative estimate of drug-likeness (QED) is 0.825. The molecule has 1 atom stereocenters. The van der Waals surface area contributed by atoms with E-state index in [-0.39, 0.29) is 23.7 Å². The number of hydrogen-bond donors (Lipinski definition) is 2. The number of nitrogens with one attached hydrogen (secondary N) is 2. The molecule has 20 heavy (non-hydrogen) atoms. The van der Waals surface area contributed by atoms with Gasteiger partial charge in [0.1, 0.15) is 5.82 Å². The number of halogens is 5. The van der Waals surface area contributed by atoms with Gasteiger partial charge in [-0.05, 0) is 31.2 Å². The Morgan fingerprint density at radius 1 is 1.40 bits per heavy atom. The van der Waals surface area contributed by atoms with Gasteiger partial charge in [-0.1, -0.05) is 11.6 Å². The van der Waals surface area contributed by atoms with Gasteiger partial charge in [-0.3, -0.25) is 4.79 Å². The van der Waals surface area contributed by atoms with Gasteiger partial charge in [0.05, 0.1) is 10.7 Å². The first-order chi connectivity index (χ1) is 9.26. The smallest absolute Gasteiger partial charge is 0.324 e. The SMILES string of the molecule is O=C(Nc1ccc(F)cc1Cl)C1(C(F)(F)F)CCNC1. The summed E-state index contributed by atoms with van der Waals surface area (Å²) in [6.07, 6.45) is -5.02. The zero-order valence-corrected chi connectivity index (χ0v) is 10.9. The van der Waals surface area contributed by atoms with E-state index in [0.717, 1.165) is 18.2 Å². The Morgan fingerprint density at radius 2 is 2.10 bits per heavy atom. The zero-order chi connectivity index (χ0) is 15.0. The second kappa shape index (κ2) is 5.21. The van der Waals surface area contributed by atoms with Crippen LogP contribution in [-0.2, 0) is 4.79 Å². The lowest BCUT2D eigenvalue weighted by molar-refractivity contribution is -0.213. The van der Waals surface area contributed by atoms with E-state index < -0.39 is 29.9 Å². The van der Waals surface area contributed by atoms with Crippen molar-refractivity contribution in [3.8, 4) is 0 Å². The van der Waals surface area contributed by atoms with Crippen LogP contribution in [0.3, 0.4) is 0 Å². The Labute approximate surface area is 117 Å². The van der Waals surface area contributed by atoms with Crippen LogP contribution >= 0.6 is 11.6 Å². The molecule has 1 aliphatic heterocycles. The molecule has 0 radical (unpaired) electrons. The molecule has 0 aliphatic carbocycles. The molecule has 8 heteroatoms. The summed E-state index contributed by atoms with van der Waals surface area (Å²) in [7, 11) is 0. The Bertz CT molecular complexity index is 527. The van der Waals surface area contributed by atoms with E-state index in [1.807, 2.05) is 0 Å². The molecule has 2 rings (SSSR count). The van der Waals surface area contributed by atoms with Gasteiger partial charge in [-0.15, -0.1) is 0 Å². The van der Waals surface area contributed by atoms with Crippen molar-refractivity contribution in [1.29, 1.82) is 0 Å². The molecule has 1 aliphatic rings. The van der Waals surface area contributed by atoms with E-state index in [0.29, 0.717) is 0 Å². The van der Waals surface area contributed by atoms with Crippen LogP contribution in [0, 0.1) is 11.2 Å². The second-order valence-electron chi connectivity index (χ2n) is 4.58. The first-order valence-electron chi connectivity index (χ1n) is 5.80. The molecule has 2 N–H and O–H groups in total. The highest BCUT2D eigenvalue weighted by Crippen LogP contribution is 2.44. The molecule has 1 aromatic rings. The number of amides is 1. The van der Waals surface area contributed by atoms with Crippen molar-refractivity contribution in [2.45, 2.75) is 12.6 Å². The summed E-state index contributed by atoms with van der Waals surface area (Å²) in [5, 5.41) is 4.51. The number of carbonyl (C=O) groups is 1. The van der Waals surface area contributed by atoms with Crippen LogP contribution in [0.25, 0.3) is 0 Å². The molecule has 1 saturated heterocycles. The van der Waals surface area contributed by atoms with E-state index in [1.165, 1.54) is 0 Å². The molecular weight excluding hydrogens is 300 g/mol. The predicted octanol–water partition coefficient (Wildman–Crippen LogP) is 2.96. The lowest BCUT2D eigenvalue weighted by Gasteiger charge is -2.29. The number of alkyl halides is 3. The molecule has 1 amide bonds. The average Bonchev–Trinajstić information content (AvgIpc) is 2.82. The van der Waals surface area contributed by atoms with Crippen LogP contribution in [-0.4, -0.2) is 25.2 Å². The Kier molecular flexibility index (Phi) is 3.93. The van der Waals surface area contributed by atoms with Gasteiger partial charge in [-0.25, -0.2) is 4.39 Å². The first-order valence-corrected chi connectivity index (χ1v) is 6.18. The van der Waals surface area contributed by atoms with Crippen molar-refractivity contribution in [3.05, 3.63) is 29.0 Å².